The second-order valence-corrected chi connectivity index (χ2v) is 9.29. The number of nitrogens with one attached hydrogen (secondary N) is 3. The number of aromatic amines is 1. The number of primary amides is 1. The van der Waals surface area contributed by atoms with Gasteiger partial charge in [0.2, 0.25) is 11.8 Å². The molecule has 0 aliphatic heterocycles. The van der Waals surface area contributed by atoms with Gasteiger partial charge in [0.25, 0.3) is 5.91 Å². The minimum Gasteiger partial charge on any atom is -0.366 e. The van der Waals surface area contributed by atoms with Crippen LogP contribution >= 0.6 is 11.6 Å². The maximum Gasteiger partial charge on any atom is 0.250 e. The summed E-state index contributed by atoms with van der Waals surface area (Å²) in [5, 5.41) is 17.9. The highest BCUT2D eigenvalue weighted by Crippen LogP contribution is 2.23. The van der Waals surface area contributed by atoms with Crippen LogP contribution in [0, 0.1) is 0 Å². The number of anilines is 1. The van der Waals surface area contributed by atoms with Gasteiger partial charge in [0.15, 0.2) is 0 Å². The Morgan fingerprint density at radius 1 is 1.07 bits per heavy atom. The van der Waals surface area contributed by atoms with Gasteiger partial charge in [-0.15, -0.1) is 5.10 Å². The van der Waals surface area contributed by atoms with Gasteiger partial charge in [0.1, 0.15) is 12.4 Å². The number of nitrogens with zero attached hydrogens (tertiary/aromatic N) is 4. The normalized spacial score (nSPS) is 11.9. The minimum absolute atomic E-state index is 0.248. The van der Waals surface area contributed by atoms with Gasteiger partial charge in [0, 0.05) is 45.9 Å². The molecule has 2 heterocycles. The van der Waals surface area contributed by atoms with Crippen molar-refractivity contribution < 1.29 is 14.4 Å². The second kappa shape index (κ2) is 11.6. The summed E-state index contributed by atoms with van der Waals surface area (Å²) in [6, 6.07) is 18.6. The predicted molar refractivity (Wildman–Crippen MR) is 151 cm³/mol. The average molecular weight is 555 g/mol. The van der Waals surface area contributed by atoms with Crippen molar-refractivity contribution in [2.45, 2.75) is 12.5 Å². The molecule has 2 aromatic heterocycles. The van der Waals surface area contributed by atoms with Crippen LogP contribution in [0.5, 0.6) is 0 Å². The molecule has 3 amide bonds. The van der Waals surface area contributed by atoms with Crippen LogP contribution in [0.15, 0.2) is 85.3 Å². The highest BCUT2D eigenvalue weighted by Gasteiger charge is 2.21. The molecule has 40 heavy (non-hydrogen) atoms. The molecular weight excluding hydrogens is 532 g/mol. The van der Waals surface area contributed by atoms with Crippen LogP contribution < -0.4 is 16.4 Å². The summed E-state index contributed by atoms with van der Waals surface area (Å²) < 4.78 is 1.45. The lowest BCUT2D eigenvalue weighted by Gasteiger charge is -2.18. The molecule has 11 nitrogen and oxygen atoms in total. The number of hydrogen-bond donors (Lipinski definition) is 4. The lowest BCUT2D eigenvalue weighted by atomic mass is 10.0. The third-order valence-corrected chi connectivity index (χ3v) is 6.37. The third-order valence-electron chi connectivity index (χ3n) is 6.13. The molecule has 5 rings (SSSR count). The first kappa shape index (κ1) is 26.3. The van der Waals surface area contributed by atoms with Crippen molar-refractivity contribution in [3.63, 3.8) is 0 Å². The quantitative estimate of drug-likeness (QED) is 0.204. The number of tetrazole rings is 1. The maximum absolute atomic E-state index is 13.4. The van der Waals surface area contributed by atoms with E-state index in [-0.39, 0.29) is 6.42 Å². The van der Waals surface area contributed by atoms with Gasteiger partial charge in [-0.05, 0) is 58.5 Å². The van der Waals surface area contributed by atoms with E-state index in [0.29, 0.717) is 38.4 Å². The monoisotopic (exact) mass is 554 g/mol. The van der Waals surface area contributed by atoms with E-state index < -0.39 is 23.8 Å². The van der Waals surface area contributed by atoms with Gasteiger partial charge in [-0.2, -0.15) is 4.68 Å². The maximum atomic E-state index is 13.4. The van der Waals surface area contributed by atoms with E-state index in [0.717, 1.165) is 5.56 Å². The van der Waals surface area contributed by atoms with E-state index in [1.807, 2.05) is 30.3 Å². The molecule has 1 atom stereocenters. The summed E-state index contributed by atoms with van der Waals surface area (Å²) in [6.45, 7) is 0. The van der Waals surface area contributed by atoms with Crippen LogP contribution in [0.4, 0.5) is 5.69 Å². The molecule has 5 aromatic rings. The highest BCUT2D eigenvalue weighted by molar-refractivity contribution is 6.30. The molecule has 0 radical (unpaired) electrons. The van der Waals surface area contributed by atoms with Crippen LogP contribution in [0.2, 0.25) is 5.02 Å². The fraction of sp³-hybridized carbons (Fsp3) is 0.0714. The van der Waals surface area contributed by atoms with Crippen LogP contribution in [-0.4, -0.2) is 49.0 Å². The van der Waals surface area contributed by atoms with E-state index in [9.17, 15) is 14.4 Å². The van der Waals surface area contributed by atoms with Gasteiger partial charge in [-0.1, -0.05) is 41.9 Å². The Bertz CT molecular complexity index is 1710. The van der Waals surface area contributed by atoms with Gasteiger partial charge in [-0.25, -0.2) is 0 Å². The number of carbonyl (C=O) groups excluding carboxylic acids is 3. The van der Waals surface area contributed by atoms with Gasteiger partial charge >= 0.3 is 0 Å². The predicted octanol–water partition coefficient (Wildman–Crippen LogP) is 3.28. The summed E-state index contributed by atoms with van der Waals surface area (Å²) in [6.07, 6.45) is 6.08. The zero-order valence-electron chi connectivity index (χ0n) is 20.9. The summed E-state index contributed by atoms with van der Waals surface area (Å²) in [5.74, 6) is -1.51. The third kappa shape index (κ3) is 6.05. The summed E-state index contributed by atoms with van der Waals surface area (Å²) >= 11 is 6.17. The number of aromatic nitrogens is 5. The number of benzene rings is 3. The van der Waals surface area contributed by atoms with Crippen molar-refractivity contribution >= 4 is 52.0 Å². The number of nitrogens with two attached hydrogens (primary N) is 1. The molecule has 0 aliphatic rings. The number of halogens is 1. The lowest BCUT2D eigenvalue weighted by Crippen LogP contribution is -2.44. The molecule has 0 saturated heterocycles. The summed E-state index contributed by atoms with van der Waals surface area (Å²) in [7, 11) is 0. The summed E-state index contributed by atoms with van der Waals surface area (Å²) in [4.78, 5) is 41.1. The molecular formula is C28H23ClN8O3. The van der Waals surface area contributed by atoms with E-state index >= 15 is 0 Å². The molecule has 12 heteroatoms. The number of amides is 3. The number of H-pyrrole nitrogens is 1. The van der Waals surface area contributed by atoms with E-state index in [2.05, 4.69) is 31.1 Å². The van der Waals surface area contributed by atoms with E-state index in [4.69, 9.17) is 17.3 Å². The Kier molecular flexibility index (Phi) is 7.65. The molecule has 3 aromatic carbocycles. The fourth-order valence-corrected chi connectivity index (χ4v) is 4.40. The van der Waals surface area contributed by atoms with Crippen LogP contribution in [0.25, 0.3) is 22.7 Å². The fourth-order valence-electron chi connectivity index (χ4n) is 4.22. The first-order chi connectivity index (χ1) is 19.4. The highest BCUT2D eigenvalue weighted by atomic mass is 35.5. The number of rotatable bonds is 9. The van der Waals surface area contributed by atoms with Crippen molar-refractivity contribution in [1.29, 1.82) is 0 Å². The van der Waals surface area contributed by atoms with Crippen molar-refractivity contribution in [2.24, 2.45) is 5.73 Å². The molecule has 5 N–H and O–H groups in total. The second-order valence-electron chi connectivity index (χ2n) is 8.86. The molecule has 0 spiro atoms. The molecule has 0 bridgehead atoms. The number of fused-ring (bicyclic) bond motifs is 1. The van der Waals surface area contributed by atoms with Gasteiger partial charge < -0.3 is 21.4 Å². The first-order valence-electron chi connectivity index (χ1n) is 12.1. The van der Waals surface area contributed by atoms with Gasteiger partial charge in [0.05, 0.1) is 11.3 Å². The number of hydrogen-bond acceptors (Lipinski definition) is 6. The van der Waals surface area contributed by atoms with Crippen molar-refractivity contribution in [1.82, 2.24) is 30.5 Å². The Hall–Kier alpha value is -5.29. The molecule has 200 valence electrons. The average Bonchev–Trinajstić information content (AvgIpc) is 3.62. The Morgan fingerprint density at radius 2 is 1.90 bits per heavy atom. The standard InChI is InChI=1S/C28H23ClN8O3/c29-19-7-10-25(37-16-32-35-36-37)18(13-19)6-11-26(38)34-24(12-17-4-2-1-3-5-17)28(40)33-20-8-9-23-21(14-20)22(15-31-23)27(30)39/h1-11,13-16,24,31H,12H2,(H2,30,39)(H,33,40)(H,34,38)/t24-/m0/s1. The lowest BCUT2D eigenvalue weighted by molar-refractivity contribution is -0.123. The van der Waals surface area contributed by atoms with Crippen LogP contribution in [0.1, 0.15) is 21.5 Å². The van der Waals surface area contributed by atoms with E-state index in [1.54, 1.807) is 42.5 Å². The number of carbonyl (C=O) groups is 3. The van der Waals surface area contributed by atoms with Crippen molar-refractivity contribution in [2.75, 3.05) is 5.32 Å². The zero-order valence-corrected chi connectivity index (χ0v) is 21.7. The topological polar surface area (TPSA) is 161 Å². The van der Waals surface area contributed by atoms with Crippen LogP contribution in [0.3, 0.4) is 0 Å². The Labute approximate surface area is 233 Å². The first-order valence-corrected chi connectivity index (χ1v) is 12.5. The molecule has 0 unspecified atom stereocenters. The smallest absolute Gasteiger partial charge is 0.250 e. The van der Waals surface area contributed by atoms with Gasteiger partial charge in [-0.3, -0.25) is 14.4 Å². The summed E-state index contributed by atoms with van der Waals surface area (Å²) in [5.41, 5.74) is 9.01. The molecule has 0 aliphatic carbocycles. The zero-order chi connectivity index (χ0) is 28.1. The van der Waals surface area contributed by atoms with E-state index in [1.165, 1.54) is 23.3 Å². The SMILES string of the molecule is NC(=O)c1c[nH]c2ccc(NC(=O)[C@H](Cc3ccccc3)NC(=O)C=Cc3cc(Cl)ccc3-n3cnnn3)cc12. The molecule has 0 saturated carbocycles. The largest absolute Gasteiger partial charge is 0.366 e. The Morgan fingerprint density at radius 3 is 2.65 bits per heavy atom. The van der Waals surface area contributed by atoms with Crippen molar-refractivity contribution in [3.05, 3.63) is 107 Å². The molecule has 0 fully saturated rings. The van der Waals surface area contributed by atoms with Crippen LogP contribution in [-0.2, 0) is 16.0 Å². The Balaban J connectivity index is 1.37. The minimum atomic E-state index is -0.907. The van der Waals surface area contributed by atoms with Crippen molar-refractivity contribution in [3.8, 4) is 5.69 Å².